The van der Waals surface area contributed by atoms with Gasteiger partial charge in [0.05, 0.1) is 11.3 Å². The molecule has 0 unspecified atom stereocenters. The molecule has 0 radical (unpaired) electrons. The molecule has 6 heteroatoms. The van der Waals surface area contributed by atoms with Crippen LogP contribution in [0, 0.1) is 0 Å². The van der Waals surface area contributed by atoms with Gasteiger partial charge >= 0.3 is 5.97 Å². The molecule has 3 rings (SSSR count). The third kappa shape index (κ3) is 4.83. The Labute approximate surface area is 163 Å². The first-order valence-corrected chi connectivity index (χ1v) is 9.46. The van der Waals surface area contributed by atoms with Crippen molar-refractivity contribution < 1.29 is 14.3 Å². The molecule has 0 aromatic heterocycles. The van der Waals surface area contributed by atoms with Gasteiger partial charge in [0.15, 0.2) is 0 Å². The minimum absolute atomic E-state index is 0.00560. The molecular weight excluding hydrogens is 373 g/mol. The molecule has 0 aliphatic heterocycles. The second-order valence-corrected chi connectivity index (χ2v) is 7.29. The summed E-state index contributed by atoms with van der Waals surface area (Å²) in [7, 11) is 0. The van der Waals surface area contributed by atoms with Gasteiger partial charge < -0.3 is 15.2 Å². The van der Waals surface area contributed by atoms with Crippen LogP contribution >= 0.6 is 23.2 Å². The molecule has 4 nitrogen and oxygen atoms in total. The number of benzene rings is 2. The SMILES string of the molecule is Nc1ccc(C(=O)OC2CCCCC2)cc1OCc1ccc(Cl)cc1Cl. The quantitative estimate of drug-likeness (QED) is 0.526. The Morgan fingerprint density at radius 1 is 1.08 bits per heavy atom. The molecule has 0 spiro atoms. The predicted molar refractivity (Wildman–Crippen MR) is 104 cm³/mol. The summed E-state index contributed by atoms with van der Waals surface area (Å²) in [6, 6.07) is 10.1. The summed E-state index contributed by atoms with van der Waals surface area (Å²) in [5, 5.41) is 1.08. The molecular formula is C20H21Cl2NO3. The van der Waals surface area contributed by atoms with Gasteiger partial charge in [0.2, 0.25) is 0 Å². The van der Waals surface area contributed by atoms with E-state index >= 15 is 0 Å². The maximum Gasteiger partial charge on any atom is 0.338 e. The monoisotopic (exact) mass is 393 g/mol. The lowest BCUT2D eigenvalue weighted by Crippen LogP contribution is -2.21. The number of anilines is 1. The summed E-state index contributed by atoms with van der Waals surface area (Å²) in [6.07, 6.45) is 5.29. The molecule has 2 N–H and O–H groups in total. The Bertz CT molecular complexity index is 789. The average molecular weight is 394 g/mol. The number of esters is 1. The zero-order valence-corrected chi connectivity index (χ0v) is 15.9. The third-order valence-corrected chi connectivity index (χ3v) is 5.06. The molecule has 0 heterocycles. The van der Waals surface area contributed by atoms with Crippen molar-refractivity contribution in [2.75, 3.05) is 5.73 Å². The standard InChI is InChI=1S/C20H21Cl2NO3/c21-15-8-6-14(17(22)11-15)12-25-19-10-13(7-9-18(19)23)20(24)26-16-4-2-1-3-5-16/h6-11,16H,1-5,12,23H2. The lowest BCUT2D eigenvalue weighted by molar-refractivity contribution is 0.0211. The number of hydrogen-bond acceptors (Lipinski definition) is 4. The van der Waals surface area contributed by atoms with Crippen molar-refractivity contribution in [1.82, 2.24) is 0 Å². The van der Waals surface area contributed by atoms with E-state index < -0.39 is 0 Å². The van der Waals surface area contributed by atoms with Gasteiger partial charge in [0.1, 0.15) is 18.5 Å². The Hall–Kier alpha value is -1.91. The van der Waals surface area contributed by atoms with Gasteiger partial charge in [0.25, 0.3) is 0 Å². The highest BCUT2D eigenvalue weighted by atomic mass is 35.5. The van der Waals surface area contributed by atoms with Crippen LogP contribution in [0.2, 0.25) is 10.0 Å². The summed E-state index contributed by atoms with van der Waals surface area (Å²) in [4.78, 5) is 12.4. The van der Waals surface area contributed by atoms with E-state index in [1.807, 2.05) is 0 Å². The topological polar surface area (TPSA) is 61.6 Å². The summed E-state index contributed by atoms with van der Waals surface area (Å²) >= 11 is 12.1. The number of ether oxygens (including phenoxy) is 2. The van der Waals surface area contributed by atoms with Gasteiger partial charge in [-0.05, 0) is 56.0 Å². The van der Waals surface area contributed by atoms with E-state index in [1.165, 1.54) is 6.42 Å². The molecule has 0 amide bonds. The molecule has 1 saturated carbocycles. The molecule has 0 saturated heterocycles. The van der Waals surface area contributed by atoms with E-state index in [4.69, 9.17) is 38.4 Å². The van der Waals surface area contributed by atoms with Crippen LogP contribution in [0.1, 0.15) is 48.0 Å². The molecule has 2 aromatic rings. The summed E-state index contributed by atoms with van der Waals surface area (Å²) < 4.78 is 11.4. The minimum Gasteiger partial charge on any atom is -0.487 e. The van der Waals surface area contributed by atoms with Gasteiger partial charge in [-0.15, -0.1) is 0 Å². The van der Waals surface area contributed by atoms with Crippen LogP contribution in [0.25, 0.3) is 0 Å². The van der Waals surface area contributed by atoms with Gasteiger partial charge in [-0.2, -0.15) is 0 Å². The van der Waals surface area contributed by atoms with Crippen LogP contribution in [-0.2, 0) is 11.3 Å². The molecule has 138 valence electrons. The fourth-order valence-electron chi connectivity index (χ4n) is 2.98. The molecule has 2 aromatic carbocycles. The van der Waals surface area contributed by atoms with Gasteiger partial charge in [0, 0.05) is 15.6 Å². The maximum absolute atomic E-state index is 12.4. The molecule has 26 heavy (non-hydrogen) atoms. The third-order valence-electron chi connectivity index (χ3n) is 4.47. The first-order chi connectivity index (χ1) is 12.5. The number of rotatable bonds is 5. The van der Waals surface area contributed by atoms with Gasteiger partial charge in [-0.25, -0.2) is 4.79 Å². The smallest absolute Gasteiger partial charge is 0.338 e. The fourth-order valence-corrected chi connectivity index (χ4v) is 3.45. The van der Waals surface area contributed by atoms with E-state index in [-0.39, 0.29) is 18.7 Å². The maximum atomic E-state index is 12.4. The first kappa shape index (κ1) is 18.9. The van der Waals surface area contributed by atoms with Crippen molar-refractivity contribution in [2.24, 2.45) is 0 Å². The Balaban J connectivity index is 1.67. The van der Waals surface area contributed by atoms with Crippen molar-refractivity contribution >= 4 is 34.9 Å². The highest BCUT2D eigenvalue weighted by Crippen LogP contribution is 2.28. The molecule has 1 aliphatic carbocycles. The van der Waals surface area contributed by atoms with Gasteiger partial charge in [-0.1, -0.05) is 35.7 Å². The van der Waals surface area contributed by atoms with Crippen molar-refractivity contribution in [1.29, 1.82) is 0 Å². The lowest BCUT2D eigenvalue weighted by atomic mass is 9.98. The normalized spacial score (nSPS) is 14.8. The van der Waals surface area contributed by atoms with Gasteiger partial charge in [-0.3, -0.25) is 0 Å². The Morgan fingerprint density at radius 3 is 2.58 bits per heavy atom. The highest BCUT2D eigenvalue weighted by molar-refractivity contribution is 6.35. The van der Waals surface area contributed by atoms with Crippen molar-refractivity contribution in [3.63, 3.8) is 0 Å². The second-order valence-electron chi connectivity index (χ2n) is 6.44. The second kappa shape index (κ2) is 8.65. The fraction of sp³-hybridized carbons (Fsp3) is 0.350. The van der Waals surface area contributed by atoms with Crippen LogP contribution in [0.15, 0.2) is 36.4 Å². The molecule has 1 fully saturated rings. The molecule has 0 bridgehead atoms. The highest BCUT2D eigenvalue weighted by Gasteiger charge is 2.19. The summed E-state index contributed by atoms with van der Waals surface area (Å²) in [5.41, 5.74) is 7.63. The molecule has 0 atom stereocenters. The Kier molecular flexibility index (Phi) is 6.28. The first-order valence-electron chi connectivity index (χ1n) is 8.70. The van der Waals surface area contributed by atoms with Crippen LogP contribution in [-0.4, -0.2) is 12.1 Å². The van der Waals surface area contributed by atoms with E-state index in [2.05, 4.69) is 0 Å². The van der Waals surface area contributed by atoms with Crippen molar-refractivity contribution in [2.45, 2.75) is 44.8 Å². The number of carbonyl (C=O) groups is 1. The lowest BCUT2D eigenvalue weighted by Gasteiger charge is -2.22. The van der Waals surface area contributed by atoms with Crippen molar-refractivity contribution in [3.05, 3.63) is 57.6 Å². The number of hydrogen-bond donors (Lipinski definition) is 1. The van der Waals surface area contributed by atoms with Crippen LogP contribution in [0.3, 0.4) is 0 Å². The zero-order chi connectivity index (χ0) is 18.5. The average Bonchev–Trinajstić information content (AvgIpc) is 2.63. The van der Waals surface area contributed by atoms with Crippen LogP contribution < -0.4 is 10.5 Å². The van der Waals surface area contributed by atoms with E-state index in [0.717, 1.165) is 31.2 Å². The van der Waals surface area contributed by atoms with E-state index in [0.29, 0.717) is 27.0 Å². The minimum atomic E-state index is -0.341. The number of halogens is 2. The number of nitrogens with two attached hydrogens (primary N) is 1. The number of carbonyl (C=O) groups excluding carboxylic acids is 1. The summed E-state index contributed by atoms with van der Waals surface area (Å²) in [6.45, 7) is 0.224. The largest absolute Gasteiger partial charge is 0.487 e. The van der Waals surface area contributed by atoms with Crippen LogP contribution in [0.4, 0.5) is 5.69 Å². The molecule has 1 aliphatic rings. The predicted octanol–water partition coefficient (Wildman–Crippen LogP) is 5.64. The zero-order valence-electron chi connectivity index (χ0n) is 14.3. The van der Waals surface area contributed by atoms with Crippen molar-refractivity contribution in [3.8, 4) is 5.75 Å². The van der Waals surface area contributed by atoms with E-state index in [9.17, 15) is 4.79 Å². The summed E-state index contributed by atoms with van der Waals surface area (Å²) in [5.74, 6) is 0.0837. The van der Waals surface area contributed by atoms with Crippen LogP contribution in [0.5, 0.6) is 5.75 Å². The van der Waals surface area contributed by atoms with E-state index in [1.54, 1.807) is 36.4 Å². The number of nitrogen functional groups attached to an aromatic ring is 1. The Morgan fingerprint density at radius 2 is 1.85 bits per heavy atom.